The average molecular weight is 519 g/mol. The first-order valence-electron chi connectivity index (χ1n) is 8.52. The van der Waals surface area contributed by atoms with Gasteiger partial charge in [0.15, 0.2) is 5.96 Å². The Balaban J connectivity index is 0.00000392. The molecule has 1 aromatic carbocycles. The van der Waals surface area contributed by atoms with Gasteiger partial charge in [0.05, 0.1) is 7.11 Å². The van der Waals surface area contributed by atoms with Crippen LogP contribution in [0.3, 0.4) is 0 Å². The van der Waals surface area contributed by atoms with Crippen molar-refractivity contribution in [1.82, 2.24) is 20.3 Å². The van der Waals surface area contributed by atoms with Gasteiger partial charge in [0.25, 0.3) is 0 Å². The van der Waals surface area contributed by atoms with Crippen molar-refractivity contribution in [3.8, 4) is 5.75 Å². The molecule has 2 aromatic rings. The zero-order valence-electron chi connectivity index (χ0n) is 15.9. The van der Waals surface area contributed by atoms with Crippen LogP contribution in [0.4, 0.5) is 0 Å². The molecule has 0 fully saturated rings. The second-order valence-corrected chi connectivity index (χ2v) is 7.38. The molecular weight excluding hydrogens is 493 g/mol. The number of nitrogens with one attached hydrogen (secondary N) is 3. The third-order valence-electron chi connectivity index (χ3n) is 3.74. The maximum Gasteiger partial charge on any atom is 0.242 e. The van der Waals surface area contributed by atoms with Gasteiger partial charge in [-0.1, -0.05) is 12.1 Å². The topological polar surface area (TPSA) is 105 Å². The maximum atomic E-state index is 12.1. The molecule has 0 saturated heterocycles. The summed E-state index contributed by atoms with van der Waals surface area (Å²) in [6.45, 7) is 1.34. The number of sulfonamides is 1. The second kappa shape index (κ2) is 12.5. The van der Waals surface area contributed by atoms with Crippen molar-refractivity contribution in [3.63, 3.8) is 0 Å². The average Bonchev–Trinajstić information content (AvgIpc) is 2.71. The molecule has 0 bridgehead atoms. The van der Waals surface area contributed by atoms with E-state index in [1.807, 2.05) is 24.3 Å². The molecule has 2 rings (SSSR count). The van der Waals surface area contributed by atoms with E-state index in [0.29, 0.717) is 19.0 Å². The third-order valence-corrected chi connectivity index (χ3v) is 5.19. The Labute approximate surface area is 183 Å². The van der Waals surface area contributed by atoms with E-state index in [1.54, 1.807) is 20.2 Å². The predicted octanol–water partition coefficient (Wildman–Crippen LogP) is 1.39. The van der Waals surface area contributed by atoms with Crippen molar-refractivity contribution in [2.75, 3.05) is 33.8 Å². The summed E-state index contributed by atoms with van der Waals surface area (Å²) in [5.41, 5.74) is 1.18. The van der Waals surface area contributed by atoms with Crippen molar-refractivity contribution >= 4 is 40.0 Å². The number of benzene rings is 1. The number of hydrogen-bond acceptors (Lipinski definition) is 5. The van der Waals surface area contributed by atoms with Gasteiger partial charge >= 0.3 is 0 Å². The smallest absolute Gasteiger partial charge is 0.242 e. The Morgan fingerprint density at radius 1 is 1.11 bits per heavy atom. The number of halogens is 1. The Bertz CT molecular complexity index is 830. The molecule has 0 unspecified atom stereocenters. The molecular formula is C18H26IN5O3S. The maximum absolute atomic E-state index is 12.1. The number of hydrogen-bond donors (Lipinski definition) is 3. The van der Waals surface area contributed by atoms with Crippen molar-refractivity contribution in [2.24, 2.45) is 4.99 Å². The van der Waals surface area contributed by atoms with E-state index in [2.05, 4.69) is 25.3 Å². The molecule has 0 spiro atoms. The van der Waals surface area contributed by atoms with Crippen LogP contribution in [0.2, 0.25) is 0 Å². The summed E-state index contributed by atoms with van der Waals surface area (Å²) in [6, 6.07) is 11.0. The van der Waals surface area contributed by atoms with E-state index in [0.717, 1.165) is 12.2 Å². The minimum Gasteiger partial charge on any atom is -0.497 e. The summed E-state index contributed by atoms with van der Waals surface area (Å²) in [5, 5.41) is 6.27. The normalized spacial score (nSPS) is 11.4. The van der Waals surface area contributed by atoms with Crippen LogP contribution in [0.1, 0.15) is 5.56 Å². The van der Waals surface area contributed by atoms with Gasteiger partial charge in [0.1, 0.15) is 10.6 Å². The summed E-state index contributed by atoms with van der Waals surface area (Å²) >= 11 is 0. The molecule has 0 saturated carbocycles. The quantitative estimate of drug-likeness (QED) is 0.200. The SMILES string of the molecule is CN=C(NCCNS(=O)(=O)c1cccnc1)NCCc1ccc(OC)cc1.I. The first-order chi connectivity index (χ1) is 13.0. The molecule has 0 aliphatic carbocycles. The molecule has 10 heteroatoms. The number of rotatable bonds is 9. The standard InChI is InChI=1S/C18H25N5O3S.HI/c1-19-18(21-11-9-15-5-7-16(26-2)8-6-15)22-12-13-23-27(24,25)17-4-3-10-20-14-17;/h3-8,10,14,23H,9,11-13H2,1-2H3,(H2,19,21,22);1H. The molecule has 28 heavy (non-hydrogen) atoms. The van der Waals surface area contributed by atoms with E-state index >= 15 is 0 Å². The highest BCUT2D eigenvalue weighted by Gasteiger charge is 2.12. The van der Waals surface area contributed by atoms with E-state index in [4.69, 9.17) is 4.74 Å². The number of aliphatic imine (C=N–C) groups is 1. The molecule has 8 nitrogen and oxygen atoms in total. The Hall–Kier alpha value is -1.92. The summed E-state index contributed by atoms with van der Waals surface area (Å²) in [7, 11) is -0.236. The zero-order chi connectivity index (χ0) is 19.5. The highest BCUT2D eigenvalue weighted by Crippen LogP contribution is 2.11. The first-order valence-corrected chi connectivity index (χ1v) is 10.0. The highest BCUT2D eigenvalue weighted by molar-refractivity contribution is 14.0. The van der Waals surface area contributed by atoms with Crippen LogP contribution in [0.5, 0.6) is 5.75 Å². The molecule has 0 atom stereocenters. The van der Waals surface area contributed by atoms with Crippen LogP contribution in [0, 0.1) is 0 Å². The number of ether oxygens (including phenoxy) is 1. The van der Waals surface area contributed by atoms with Gasteiger partial charge in [-0.05, 0) is 36.2 Å². The fourth-order valence-electron chi connectivity index (χ4n) is 2.29. The Kier molecular flexibility index (Phi) is 10.8. The molecule has 0 aliphatic rings. The lowest BCUT2D eigenvalue weighted by atomic mass is 10.1. The largest absolute Gasteiger partial charge is 0.497 e. The van der Waals surface area contributed by atoms with Crippen molar-refractivity contribution in [1.29, 1.82) is 0 Å². The van der Waals surface area contributed by atoms with Crippen molar-refractivity contribution in [2.45, 2.75) is 11.3 Å². The number of aromatic nitrogens is 1. The number of nitrogens with zero attached hydrogens (tertiary/aromatic N) is 2. The van der Waals surface area contributed by atoms with Crippen molar-refractivity contribution in [3.05, 3.63) is 54.4 Å². The molecule has 0 amide bonds. The number of guanidine groups is 1. The minimum atomic E-state index is -3.55. The van der Waals surface area contributed by atoms with Crippen LogP contribution in [0.15, 0.2) is 58.7 Å². The lowest BCUT2D eigenvalue weighted by molar-refractivity contribution is 0.414. The number of methoxy groups -OCH3 is 1. The van der Waals surface area contributed by atoms with Crippen molar-refractivity contribution < 1.29 is 13.2 Å². The van der Waals surface area contributed by atoms with Crippen LogP contribution in [-0.2, 0) is 16.4 Å². The van der Waals surface area contributed by atoms with Gasteiger partial charge in [-0.15, -0.1) is 24.0 Å². The van der Waals surface area contributed by atoms with Crippen LogP contribution in [-0.4, -0.2) is 53.2 Å². The molecule has 1 aromatic heterocycles. The van der Waals surface area contributed by atoms with Crippen LogP contribution >= 0.6 is 24.0 Å². The molecule has 0 radical (unpaired) electrons. The number of pyridine rings is 1. The molecule has 1 heterocycles. The van der Waals surface area contributed by atoms with Crippen LogP contribution in [0.25, 0.3) is 0 Å². The summed E-state index contributed by atoms with van der Waals surface area (Å²) < 4.78 is 31.8. The summed E-state index contributed by atoms with van der Waals surface area (Å²) in [6.07, 6.45) is 3.68. The Morgan fingerprint density at radius 2 is 1.82 bits per heavy atom. The van der Waals surface area contributed by atoms with Gasteiger partial charge in [-0.2, -0.15) is 0 Å². The van der Waals surface area contributed by atoms with E-state index in [1.165, 1.54) is 24.0 Å². The van der Waals surface area contributed by atoms with E-state index in [9.17, 15) is 8.42 Å². The molecule has 3 N–H and O–H groups in total. The summed E-state index contributed by atoms with van der Waals surface area (Å²) in [5.74, 6) is 1.45. The fraction of sp³-hybridized carbons (Fsp3) is 0.333. The molecule has 0 aliphatic heterocycles. The minimum absolute atomic E-state index is 0. The third kappa shape index (κ3) is 7.98. The second-order valence-electron chi connectivity index (χ2n) is 5.61. The van der Waals surface area contributed by atoms with Gasteiger partial charge in [0.2, 0.25) is 10.0 Å². The van der Waals surface area contributed by atoms with Gasteiger partial charge in [-0.25, -0.2) is 13.1 Å². The van der Waals surface area contributed by atoms with Gasteiger partial charge in [-0.3, -0.25) is 9.98 Å². The zero-order valence-corrected chi connectivity index (χ0v) is 19.0. The van der Waals surface area contributed by atoms with E-state index < -0.39 is 10.0 Å². The monoisotopic (exact) mass is 519 g/mol. The predicted molar refractivity (Wildman–Crippen MR) is 121 cm³/mol. The Morgan fingerprint density at radius 3 is 2.43 bits per heavy atom. The highest BCUT2D eigenvalue weighted by atomic mass is 127. The molecule has 154 valence electrons. The van der Waals surface area contributed by atoms with E-state index in [-0.39, 0.29) is 35.4 Å². The van der Waals surface area contributed by atoms with Gasteiger partial charge < -0.3 is 15.4 Å². The lowest BCUT2D eigenvalue weighted by Crippen LogP contribution is -2.42. The van der Waals surface area contributed by atoms with Crippen LogP contribution < -0.4 is 20.1 Å². The first kappa shape index (κ1) is 24.1. The van der Waals surface area contributed by atoms with Gasteiger partial charge in [0, 0.05) is 39.1 Å². The fourth-order valence-corrected chi connectivity index (χ4v) is 3.29. The lowest BCUT2D eigenvalue weighted by Gasteiger charge is -2.12. The summed E-state index contributed by atoms with van der Waals surface area (Å²) in [4.78, 5) is 8.09.